The molecule has 4 rings (SSSR count). The molecule has 0 atom stereocenters. The molecular weight excluding hydrogens is 438 g/mol. The summed E-state index contributed by atoms with van der Waals surface area (Å²) in [4.78, 5) is 50.2. The van der Waals surface area contributed by atoms with Crippen LogP contribution in [0.15, 0.2) is 18.2 Å². The average molecular weight is 470 g/mol. The summed E-state index contributed by atoms with van der Waals surface area (Å²) in [6, 6.07) is 5.74. The van der Waals surface area contributed by atoms with Gasteiger partial charge in [0, 0.05) is 51.3 Å². The molecule has 10 nitrogen and oxygen atoms in total. The van der Waals surface area contributed by atoms with Crippen LogP contribution in [-0.2, 0) is 21.4 Å². The first-order valence-corrected chi connectivity index (χ1v) is 11.9. The van der Waals surface area contributed by atoms with Crippen LogP contribution in [0.4, 0.5) is 10.6 Å². The molecule has 0 radical (unpaired) electrons. The van der Waals surface area contributed by atoms with Gasteiger partial charge in [0.25, 0.3) is 0 Å². The number of imide groups is 1. The minimum atomic E-state index is -0.789. The number of carbonyl (C=O) groups is 4. The monoisotopic (exact) mass is 469 g/mol. The maximum atomic E-state index is 12.5. The summed E-state index contributed by atoms with van der Waals surface area (Å²) in [6.45, 7) is 1.75. The molecule has 34 heavy (non-hydrogen) atoms. The number of hydrogen-bond donors (Lipinski definition) is 2. The SMILES string of the molecule is Cn1nc(N2CCC(=O)NC2=O)c2ccc(C3CCN(C(=O)CCCCCC(=O)O)CC3)cc21. The van der Waals surface area contributed by atoms with Gasteiger partial charge in [0.05, 0.1) is 5.52 Å². The van der Waals surface area contributed by atoms with E-state index in [0.717, 1.165) is 49.7 Å². The number of nitrogens with zero attached hydrogens (tertiary/aromatic N) is 4. The average Bonchev–Trinajstić information content (AvgIpc) is 3.14. The Hall–Kier alpha value is -3.43. The number of aryl methyl sites for hydroxylation is 1. The molecule has 0 aliphatic carbocycles. The van der Waals surface area contributed by atoms with Crippen LogP contribution in [0.25, 0.3) is 10.9 Å². The van der Waals surface area contributed by atoms with Crippen LogP contribution >= 0.6 is 0 Å². The van der Waals surface area contributed by atoms with Crippen molar-refractivity contribution >= 4 is 40.5 Å². The van der Waals surface area contributed by atoms with Crippen molar-refractivity contribution in [2.75, 3.05) is 24.5 Å². The predicted octanol–water partition coefficient (Wildman–Crippen LogP) is 2.76. The Morgan fingerprint density at radius 3 is 2.53 bits per heavy atom. The van der Waals surface area contributed by atoms with Crippen LogP contribution in [0.5, 0.6) is 0 Å². The number of piperidine rings is 1. The van der Waals surface area contributed by atoms with E-state index in [4.69, 9.17) is 5.11 Å². The van der Waals surface area contributed by atoms with Gasteiger partial charge in [-0.1, -0.05) is 12.5 Å². The first kappa shape index (κ1) is 23.7. The quantitative estimate of drug-likeness (QED) is 0.573. The molecule has 2 fully saturated rings. The standard InChI is InChI=1S/C24H31N5O5/c1-27-19-15-17(7-8-18(19)23(26-27)29-14-11-20(30)25-24(29)34)16-9-12-28(13-10-16)21(31)5-3-2-4-6-22(32)33/h7-8,15-16H,2-6,9-14H2,1H3,(H,32,33)(H,25,30,34). The van der Waals surface area contributed by atoms with E-state index in [1.165, 1.54) is 10.5 Å². The third-order valence-electron chi connectivity index (χ3n) is 6.77. The number of likely N-dealkylation sites (tertiary alicyclic amines) is 1. The molecule has 0 unspecified atom stereocenters. The van der Waals surface area contributed by atoms with Crippen LogP contribution in [0.1, 0.15) is 62.8 Å². The topological polar surface area (TPSA) is 125 Å². The van der Waals surface area contributed by atoms with Crippen molar-refractivity contribution < 1.29 is 24.3 Å². The number of carbonyl (C=O) groups excluding carboxylic acids is 3. The number of amides is 4. The largest absolute Gasteiger partial charge is 0.481 e. The molecule has 2 saturated heterocycles. The lowest BCUT2D eigenvalue weighted by molar-refractivity contribution is -0.137. The summed E-state index contributed by atoms with van der Waals surface area (Å²) in [6.07, 6.45) is 4.77. The van der Waals surface area contributed by atoms with Crippen molar-refractivity contribution in [1.29, 1.82) is 0 Å². The minimum absolute atomic E-state index is 0.152. The van der Waals surface area contributed by atoms with E-state index in [-0.39, 0.29) is 24.7 Å². The zero-order chi connectivity index (χ0) is 24.2. The number of nitrogens with one attached hydrogen (secondary N) is 1. The number of aliphatic carboxylic acids is 1. The molecule has 1 aromatic heterocycles. The van der Waals surface area contributed by atoms with E-state index in [9.17, 15) is 19.2 Å². The van der Waals surface area contributed by atoms with Gasteiger partial charge in [-0.15, -0.1) is 0 Å². The second-order valence-electron chi connectivity index (χ2n) is 9.09. The number of anilines is 1. The number of urea groups is 1. The van der Waals surface area contributed by atoms with Crippen molar-refractivity contribution in [3.63, 3.8) is 0 Å². The van der Waals surface area contributed by atoms with Crippen molar-refractivity contribution in [2.45, 2.75) is 57.3 Å². The smallest absolute Gasteiger partial charge is 0.329 e. The predicted molar refractivity (Wildman–Crippen MR) is 125 cm³/mol. The van der Waals surface area contributed by atoms with Crippen molar-refractivity contribution in [3.8, 4) is 0 Å². The molecule has 2 aromatic rings. The second kappa shape index (κ2) is 10.2. The van der Waals surface area contributed by atoms with Gasteiger partial charge in [-0.05, 0) is 49.3 Å². The number of hydrogen-bond acceptors (Lipinski definition) is 5. The fourth-order valence-electron chi connectivity index (χ4n) is 4.82. The second-order valence-corrected chi connectivity index (χ2v) is 9.09. The number of rotatable bonds is 8. The lowest BCUT2D eigenvalue weighted by Gasteiger charge is -2.32. The highest BCUT2D eigenvalue weighted by Crippen LogP contribution is 2.33. The molecule has 0 spiro atoms. The van der Waals surface area contributed by atoms with Gasteiger partial charge in [-0.25, -0.2) is 4.79 Å². The van der Waals surface area contributed by atoms with E-state index in [1.807, 2.05) is 18.0 Å². The van der Waals surface area contributed by atoms with Crippen molar-refractivity contribution in [3.05, 3.63) is 23.8 Å². The Morgan fingerprint density at radius 1 is 1.09 bits per heavy atom. The molecule has 2 aliphatic heterocycles. The van der Waals surface area contributed by atoms with E-state index < -0.39 is 12.0 Å². The van der Waals surface area contributed by atoms with Crippen LogP contribution in [0, 0.1) is 0 Å². The van der Waals surface area contributed by atoms with Gasteiger partial charge in [0.15, 0.2) is 5.82 Å². The highest BCUT2D eigenvalue weighted by Gasteiger charge is 2.29. The zero-order valence-electron chi connectivity index (χ0n) is 19.5. The van der Waals surface area contributed by atoms with Crippen LogP contribution in [0.3, 0.4) is 0 Å². The zero-order valence-corrected chi connectivity index (χ0v) is 19.5. The number of fused-ring (bicyclic) bond motifs is 1. The molecule has 4 amide bonds. The first-order valence-electron chi connectivity index (χ1n) is 11.9. The summed E-state index contributed by atoms with van der Waals surface area (Å²) < 4.78 is 1.76. The lowest BCUT2D eigenvalue weighted by Crippen LogP contribution is -2.49. The highest BCUT2D eigenvalue weighted by atomic mass is 16.4. The van der Waals surface area contributed by atoms with Gasteiger partial charge in [-0.3, -0.25) is 29.3 Å². The Labute approximate surface area is 197 Å². The summed E-state index contributed by atoms with van der Waals surface area (Å²) in [5, 5.41) is 16.4. The van der Waals surface area contributed by atoms with E-state index >= 15 is 0 Å². The Balaban J connectivity index is 1.35. The van der Waals surface area contributed by atoms with E-state index in [2.05, 4.69) is 22.5 Å². The molecule has 2 aliphatic rings. The normalized spacial score (nSPS) is 17.3. The third kappa shape index (κ3) is 5.21. The van der Waals surface area contributed by atoms with Gasteiger partial charge in [-0.2, -0.15) is 5.10 Å². The Morgan fingerprint density at radius 2 is 1.82 bits per heavy atom. The lowest BCUT2D eigenvalue weighted by atomic mass is 9.88. The van der Waals surface area contributed by atoms with Gasteiger partial charge >= 0.3 is 12.0 Å². The molecule has 0 saturated carbocycles. The summed E-state index contributed by atoms with van der Waals surface area (Å²) >= 11 is 0. The molecular formula is C24H31N5O5. The first-order chi connectivity index (χ1) is 16.3. The maximum absolute atomic E-state index is 12.5. The molecule has 1 aromatic carbocycles. The summed E-state index contributed by atoms with van der Waals surface area (Å²) in [5.41, 5.74) is 2.12. The fourth-order valence-corrected chi connectivity index (χ4v) is 4.82. The number of carboxylic acid groups (broad SMARTS) is 1. The molecule has 0 bridgehead atoms. The van der Waals surface area contributed by atoms with Crippen LogP contribution in [-0.4, -0.2) is 63.2 Å². The molecule has 2 N–H and O–H groups in total. The minimum Gasteiger partial charge on any atom is -0.481 e. The molecule has 3 heterocycles. The van der Waals surface area contributed by atoms with Gasteiger partial charge in [0.2, 0.25) is 11.8 Å². The Kier molecular flexibility index (Phi) is 7.14. The number of benzene rings is 1. The van der Waals surface area contributed by atoms with Crippen molar-refractivity contribution in [2.24, 2.45) is 7.05 Å². The Bertz CT molecular complexity index is 1100. The van der Waals surface area contributed by atoms with Gasteiger partial charge in [0.1, 0.15) is 0 Å². The van der Waals surface area contributed by atoms with Crippen LogP contribution < -0.4 is 10.2 Å². The van der Waals surface area contributed by atoms with Gasteiger partial charge < -0.3 is 10.0 Å². The highest BCUT2D eigenvalue weighted by molar-refractivity contribution is 6.08. The van der Waals surface area contributed by atoms with E-state index in [0.29, 0.717) is 31.1 Å². The summed E-state index contributed by atoms with van der Waals surface area (Å²) in [7, 11) is 1.85. The molecule has 182 valence electrons. The maximum Gasteiger partial charge on any atom is 0.329 e. The molecule has 10 heteroatoms. The summed E-state index contributed by atoms with van der Waals surface area (Å²) in [5.74, 6) is -0.0101. The third-order valence-corrected chi connectivity index (χ3v) is 6.77. The van der Waals surface area contributed by atoms with E-state index in [1.54, 1.807) is 4.68 Å². The van der Waals surface area contributed by atoms with Crippen molar-refractivity contribution in [1.82, 2.24) is 20.0 Å². The fraction of sp³-hybridized carbons (Fsp3) is 0.542. The number of carboxylic acids is 1. The number of aromatic nitrogens is 2. The van der Waals surface area contributed by atoms with Crippen LogP contribution in [0.2, 0.25) is 0 Å². The number of unbranched alkanes of at least 4 members (excludes halogenated alkanes) is 2.